The van der Waals surface area contributed by atoms with Crippen molar-refractivity contribution >= 4 is 62.4 Å². The van der Waals surface area contributed by atoms with Crippen molar-refractivity contribution in [1.82, 2.24) is 5.32 Å². The monoisotopic (exact) mass is 524 g/mol. The number of anilines is 1. The van der Waals surface area contributed by atoms with Crippen LogP contribution in [0.4, 0.5) is 5.69 Å². The van der Waals surface area contributed by atoms with Gasteiger partial charge in [0, 0.05) is 12.6 Å². The molecule has 0 aromatic heterocycles. The van der Waals surface area contributed by atoms with Crippen molar-refractivity contribution in [2.75, 3.05) is 32.6 Å². The quantitative estimate of drug-likeness (QED) is 0.478. The Morgan fingerprint density at radius 3 is 2.16 bits per heavy atom. The van der Waals surface area contributed by atoms with Crippen LogP contribution in [0.15, 0.2) is 29.2 Å². The lowest BCUT2D eigenvalue weighted by atomic mass is 10.2. The van der Waals surface area contributed by atoms with Crippen molar-refractivity contribution in [2.45, 2.75) is 11.3 Å². The standard InChI is InChI=1S/C19H19Cl3N2O7S/c1-29-15-9-16(30-2)14(8-12(15)21)24-32(27,28)17-6-10(11(20)7-13(17)22)19(26)23-5-4-18(25)31-3/h6-9,24H,4-5H2,1-3H3,(H,23,26). The van der Waals surface area contributed by atoms with Gasteiger partial charge < -0.3 is 19.5 Å². The van der Waals surface area contributed by atoms with E-state index in [1.54, 1.807) is 0 Å². The second-order valence-electron chi connectivity index (χ2n) is 6.14. The van der Waals surface area contributed by atoms with Crippen LogP contribution in [0, 0.1) is 0 Å². The first kappa shape index (κ1) is 25.9. The maximum Gasteiger partial charge on any atom is 0.307 e. The van der Waals surface area contributed by atoms with Crippen LogP contribution >= 0.6 is 34.8 Å². The van der Waals surface area contributed by atoms with Crippen molar-refractivity contribution in [2.24, 2.45) is 0 Å². The number of ether oxygens (including phenoxy) is 3. The van der Waals surface area contributed by atoms with Crippen molar-refractivity contribution in [3.05, 3.63) is 44.9 Å². The van der Waals surface area contributed by atoms with Gasteiger partial charge in [-0.3, -0.25) is 14.3 Å². The smallest absolute Gasteiger partial charge is 0.307 e. The fraction of sp³-hybridized carbons (Fsp3) is 0.263. The van der Waals surface area contributed by atoms with Crippen molar-refractivity contribution < 1.29 is 32.2 Å². The van der Waals surface area contributed by atoms with Gasteiger partial charge in [0.25, 0.3) is 15.9 Å². The third-order valence-electron chi connectivity index (χ3n) is 4.12. The minimum absolute atomic E-state index is 0.0217. The lowest BCUT2D eigenvalue weighted by Crippen LogP contribution is -2.27. The van der Waals surface area contributed by atoms with Gasteiger partial charge in [0.2, 0.25) is 0 Å². The molecule has 0 unspecified atom stereocenters. The zero-order valence-electron chi connectivity index (χ0n) is 17.1. The fourth-order valence-electron chi connectivity index (χ4n) is 2.52. The summed E-state index contributed by atoms with van der Waals surface area (Å²) in [7, 11) is -0.342. The third kappa shape index (κ3) is 6.10. The molecule has 32 heavy (non-hydrogen) atoms. The van der Waals surface area contributed by atoms with E-state index in [0.717, 1.165) is 12.1 Å². The summed E-state index contributed by atoms with van der Waals surface area (Å²) in [5.41, 5.74) is -0.130. The molecule has 2 aromatic rings. The minimum atomic E-state index is -4.30. The summed E-state index contributed by atoms with van der Waals surface area (Å²) >= 11 is 18.3. The normalized spacial score (nSPS) is 10.9. The maximum absolute atomic E-state index is 13.0. The van der Waals surface area contributed by atoms with Crippen LogP contribution in [0.25, 0.3) is 0 Å². The molecule has 9 nitrogen and oxygen atoms in total. The highest BCUT2D eigenvalue weighted by molar-refractivity contribution is 7.92. The summed E-state index contributed by atoms with van der Waals surface area (Å²) in [6.07, 6.45) is -0.0712. The largest absolute Gasteiger partial charge is 0.495 e. The Bertz CT molecular complexity index is 1140. The number of hydrogen-bond acceptors (Lipinski definition) is 7. The van der Waals surface area contributed by atoms with Crippen molar-refractivity contribution in [3.63, 3.8) is 0 Å². The molecule has 174 valence electrons. The minimum Gasteiger partial charge on any atom is -0.495 e. The number of hydrogen-bond donors (Lipinski definition) is 2. The molecule has 0 fully saturated rings. The highest BCUT2D eigenvalue weighted by Gasteiger charge is 2.24. The summed E-state index contributed by atoms with van der Waals surface area (Å²) < 4.78 is 43.1. The topological polar surface area (TPSA) is 120 Å². The van der Waals surface area contributed by atoms with Crippen LogP contribution in [0.3, 0.4) is 0 Å². The first-order chi connectivity index (χ1) is 15.0. The molecule has 2 rings (SSSR count). The van der Waals surface area contributed by atoms with E-state index in [0.29, 0.717) is 0 Å². The second kappa shape index (κ2) is 11.0. The van der Waals surface area contributed by atoms with Gasteiger partial charge in [-0.15, -0.1) is 0 Å². The average molecular weight is 526 g/mol. The van der Waals surface area contributed by atoms with Crippen molar-refractivity contribution in [1.29, 1.82) is 0 Å². The molecule has 13 heteroatoms. The van der Waals surface area contributed by atoms with Crippen molar-refractivity contribution in [3.8, 4) is 11.5 Å². The Kier molecular flexibility index (Phi) is 8.85. The van der Waals surface area contributed by atoms with E-state index in [2.05, 4.69) is 14.8 Å². The number of esters is 1. The highest BCUT2D eigenvalue weighted by atomic mass is 35.5. The second-order valence-corrected chi connectivity index (χ2v) is 9.01. The molecule has 0 spiro atoms. The summed E-state index contributed by atoms with van der Waals surface area (Å²) in [6, 6.07) is 4.87. The molecular weight excluding hydrogens is 507 g/mol. The first-order valence-corrected chi connectivity index (χ1v) is 11.4. The summed E-state index contributed by atoms with van der Waals surface area (Å²) in [4.78, 5) is 23.2. The van der Waals surface area contributed by atoms with E-state index in [1.807, 2.05) is 0 Å². The Labute approximate surface area is 199 Å². The molecule has 1 amide bonds. The molecule has 0 saturated carbocycles. The molecule has 0 atom stereocenters. The van der Waals surface area contributed by atoms with E-state index in [4.69, 9.17) is 44.3 Å². The van der Waals surface area contributed by atoms with Crippen LogP contribution < -0.4 is 19.5 Å². The Morgan fingerprint density at radius 2 is 1.56 bits per heavy atom. The molecule has 0 bridgehead atoms. The van der Waals surface area contributed by atoms with E-state index in [-0.39, 0.29) is 50.8 Å². The maximum atomic E-state index is 13.0. The number of sulfonamides is 1. The number of carbonyl (C=O) groups is 2. The van der Waals surface area contributed by atoms with E-state index in [1.165, 1.54) is 33.5 Å². The Hall–Kier alpha value is -2.40. The number of nitrogens with one attached hydrogen (secondary N) is 2. The van der Waals surface area contributed by atoms with Gasteiger partial charge in [0.05, 0.1) is 54.1 Å². The number of benzene rings is 2. The predicted molar refractivity (Wildman–Crippen MR) is 121 cm³/mol. The molecule has 0 heterocycles. The van der Waals surface area contributed by atoms with Crippen LogP contribution in [-0.4, -0.2) is 48.2 Å². The zero-order valence-corrected chi connectivity index (χ0v) is 20.2. The number of carbonyl (C=O) groups excluding carboxylic acids is 2. The van der Waals surface area contributed by atoms with E-state index >= 15 is 0 Å². The van der Waals surface area contributed by atoms with Gasteiger partial charge in [-0.2, -0.15) is 0 Å². The molecular formula is C19H19Cl3N2O7S. The molecule has 0 aliphatic heterocycles. The molecule has 0 aliphatic carbocycles. The van der Waals surface area contributed by atoms with Crippen LogP contribution in [0.5, 0.6) is 11.5 Å². The van der Waals surface area contributed by atoms with E-state index < -0.39 is 26.8 Å². The Morgan fingerprint density at radius 1 is 0.906 bits per heavy atom. The molecule has 2 N–H and O–H groups in total. The number of rotatable bonds is 9. The summed E-state index contributed by atoms with van der Waals surface area (Å²) in [5, 5.41) is 2.31. The van der Waals surface area contributed by atoms with Crippen LogP contribution in [-0.2, 0) is 19.6 Å². The lowest BCUT2D eigenvalue weighted by molar-refractivity contribution is -0.140. The van der Waals surface area contributed by atoms with Crippen LogP contribution in [0.1, 0.15) is 16.8 Å². The molecule has 0 saturated heterocycles. The highest BCUT2D eigenvalue weighted by Crippen LogP contribution is 2.38. The first-order valence-electron chi connectivity index (χ1n) is 8.82. The third-order valence-corrected chi connectivity index (χ3v) is 6.55. The molecule has 0 aliphatic rings. The molecule has 0 radical (unpaired) electrons. The number of halogens is 3. The number of amides is 1. The predicted octanol–water partition coefficient (Wildman–Crippen LogP) is 3.76. The van der Waals surface area contributed by atoms with Gasteiger partial charge in [0.1, 0.15) is 16.4 Å². The lowest BCUT2D eigenvalue weighted by Gasteiger charge is -2.16. The van der Waals surface area contributed by atoms with Crippen LogP contribution in [0.2, 0.25) is 15.1 Å². The van der Waals surface area contributed by atoms with Gasteiger partial charge in [-0.25, -0.2) is 8.42 Å². The Balaban J connectivity index is 2.38. The average Bonchev–Trinajstić information content (AvgIpc) is 2.73. The number of methoxy groups -OCH3 is 3. The van der Waals surface area contributed by atoms with Gasteiger partial charge >= 0.3 is 5.97 Å². The fourth-order valence-corrected chi connectivity index (χ4v) is 4.69. The van der Waals surface area contributed by atoms with Gasteiger partial charge in [0.15, 0.2) is 0 Å². The molecule has 2 aromatic carbocycles. The zero-order chi connectivity index (χ0) is 24.1. The van der Waals surface area contributed by atoms with E-state index in [9.17, 15) is 18.0 Å². The summed E-state index contributed by atoms with van der Waals surface area (Å²) in [5.74, 6) is -0.799. The van der Waals surface area contributed by atoms with Gasteiger partial charge in [-0.1, -0.05) is 34.8 Å². The van der Waals surface area contributed by atoms with Gasteiger partial charge in [-0.05, 0) is 18.2 Å². The SMILES string of the molecule is COC(=O)CCNC(=O)c1cc(S(=O)(=O)Nc2cc(Cl)c(OC)cc2OC)c(Cl)cc1Cl. The summed E-state index contributed by atoms with van der Waals surface area (Å²) in [6.45, 7) is -0.0354.